The third-order valence-electron chi connectivity index (χ3n) is 2.96. The number of aliphatic hydroxyl groups is 1. The summed E-state index contributed by atoms with van der Waals surface area (Å²) in [6.45, 7) is 1.02. The van der Waals surface area contributed by atoms with Crippen LogP contribution in [0.4, 0.5) is 8.78 Å². The number of hydrogen-bond acceptors (Lipinski definition) is 4. The smallest absolute Gasteiger partial charge is 0.243 e. The quantitative estimate of drug-likeness (QED) is 0.846. The van der Waals surface area contributed by atoms with Gasteiger partial charge in [0.05, 0.1) is 11.9 Å². The Morgan fingerprint density at radius 3 is 2.68 bits per heavy atom. The van der Waals surface area contributed by atoms with Gasteiger partial charge in [-0.3, -0.25) is 0 Å². The molecule has 0 saturated carbocycles. The van der Waals surface area contributed by atoms with Gasteiger partial charge in [0.1, 0.15) is 22.3 Å². The lowest BCUT2D eigenvalue weighted by atomic mass is 10.0. The Balaban J connectivity index is 2.10. The van der Waals surface area contributed by atoms with Crippen LogP contribution >= 0.6 is 0 Å². The van der Waals surface area contributed by atoms with Gasteiger partial charge < -0.3 is 9.52 Å². The first-order chi connectivity index (χ1) is 10.2. The summed E-state index contributed by atoms with van der Waals surface area (Å²) in [5.41, 5.74) is -1.45. The molecule has 1 aromatic carbocycles. The molecule has 2 aromatic rings. The Hall–Kier alpha value is -1.77. The summed E-state index contributed by atoms with van der Waals surface area (Å²) in [7, 11) is -4.28. The highest BCUT2D eigenvalue weighted by atomic mass is 32.2. The first kappa shape index (κ1) is 16.6. The zero-order valence-corrected chi connectivity index (χ0v) is 12.5. The Kier molecular flexibility index (Phi) is 4.64. The highest BCUT2D eigenvalue weighted by molar-refractivity contribution is 7.89. The SMILES string of the molecule is CC(O)(CNS(=O)(=O)c1cc(F)ccc1F)Cc1ccco1. The van der Waals surface area contributed by atoms with Crippen LogP contribution in [0.25, 0.3) is 0 Å². The minimum Gasteiger partial charge on any atom is -0.469 e. The number of benzene rings is 1. The maximum Gasteiger partial charge on any atom is 0.243 e. The van der Waals surface area contributed by atoms with Gasteiger partial charge in [0, 0.05) is 13.0 Å². The van der Waals surface area contributed by atoms with Crippen molar-refractivity contribution < 1.29 is 26.7 Å². The van der Waals surface area contributed by atoms with Crippen LogP contribution in [-0.4, -0.2) is 25.7 Å². The second-order valence-electron chi connectivity index (χ2n) is 5.15. The molecule has 0 aliphatic heterocycles. The molecule has 0 aliphatic carbocycles. The van der Waals surface area contributed by atoms with Gasteiger partial charge in [-0.25, -0.2) is 21.9 Å². The summed E-state index contributed by atoms with van der Waals surface area (Å²) in [5.74, 6) is -1.47. The van der Waals surface area contributed by atoms with Crippen LogP contribution in [-0.2, 0) is 16.4 Å². The van der Waals surface area contributed by atoms with Gasteiger partial charge in [0.15, 0.2) is 0 Å². The second kappa shape index (κ2) is 6.15. The molecule has 0 aliphatic rings. The molecule has 8 heteroatoms. The molecule has 0 fully saturated rings. The average molecular weight is 331 g/mol. The van der Waals surface area contributed by atoms with Crippen LogP contribution < -0.4 is 4.72 Å². The highest BCUT2D eigenvalue weighted by Crippen LogP contribution is 2.17. The maximum absolute atomic E-state index is 13.5. The van der Waals surface area contributed by atoms with E-state index in [4.69, 9.17) is 4.42 Å². The molecule has 22 heavy (non-hydrogen) atoms. The van der Waals surface area contributed by atoms with Crippen molar-refractivity contribution in [3.05, 3.63) is 54.0 Å². The molecule has 0 bridgehead atoms. The summed E-state index contributed by atoms with van der Waals surface area (Å²) in [5, 5.41) is 10.2. The van der Waals surface area contributed by atoms with Crippen LogP contribution in [0.3, 0.4) is 0 Å². The molecule has 0 radical (unpaired) electrons. The van der Waals surface area contributed by atoms with Gasteiger partial charge in [0.2, 0.25) is 10.0 Å². The maximum atomic E-state index is 13.5. The predicted molar refractivity (Wildman–Crippen MR) is 74.6 cm³/mol. The van der Waals surface area contributed by atoms with Crippen molar-refractivity contribution in [1.82, 2.24) is 4.72 Å². The van der Waals surface area contributed by atoms with Crippen molar-refractivity contribution in [3.63, 3.8) is 0 Å². The largest absolute Gasteiger partial charge is 0.469 e. The Labute approximate surface area is 126 Å². The Morgan fingerprint density at radius 1 is 1.32 bits per heavy atom. The zero-order valence-electron chi connectivity index (χ0n) is 11.7. The molecule has 2 N–H and O–H groups in total. The number of halogens is 2. The normalized spacial score (nSPS) is 14.7. The summed E-state index contributed by atoms with van der Waals surface area (Å²) in [6.07, 6.45) is 1.49. The zero-order chi connectivity index (χ0) is 16.4. The van der Waals surface area contributed by atoms with Crippen molar-refractivity contribution in [2.45, 2.75) is 23.8 Å². The summed E-state index contributed by atoms with van der Waals surface area (Å²) in [6, 6.07) is 5.40. The first-order valence-corrected chi connectivity index (χ1v) is 7.87. The lowest BCUT2D eigenvalue weighted by Crippen LogP contribution is -2.42. The highest BCUT2D eigenvalue weighted by Gasteiger charge is 2.27. The third kappa shape index (κ3) is 4.12. The topological polar surface area (TPSA) is 79.5 Å². The summed E-state index contributed by atoms with van der Waals surface area (Å²) < 4.78 is 57.8. The molecule has 1 atom stereocenters. The fourth-order valence-electron chi connectivity index (χ4n) is 1.86. The fraction of sp³-hybridized carbons (Fsp3) is 0.286. The van der Waals surface area contributed by atoms with Crippen molar-refractivity contribution in [1.29, 1.82) is 0 Å². The van der Waals surface area contributed by atoms with Crippen LogP contribution in [0.2, 0.25) is 0 Å². The number of nitrogens with one attached hydrogen (secondary N) is 1. The standard InChI is InChI=1S/C14H15F2NO4S/c1-14(18,8-11-3-2-6-21-11)9-17-22(19,20)13-7-10(15)4-5-12(13)16/h2-7,17-18H,8-9H2,1H3. The van der Waals surface area contributed by atoms with Gasteiger partial charge in [-0.2, -0.15) is 0 Å². The van der Waals surface area contributed by atoms with E-state index in [1.54, 1.807) is 12.1 Å². The van der Waals surface area contributed by atoms with Crippen LogP contribution in [0.1, 0.15) is 12.7 Å². The van der Waals surface area contributed by atoms with Crippen LogP contribution in [0.15, 0.2) is 45.9 Å². The lowest BCUT2D eigenvalue weighted by molar-refractivity contribution is 0.0603. The van der Waals surface area contributed by atoms with Crippen molar-refractivity contribution in [2.75, 3.05) is 6.54 Å². The average Bonchev–Trinajstić information content (AvgIpc) is 2.91. The fourth-order valence-corrected chi connectivity index (χ4v) is 3.11. The van der Waals surface area contributed by atoms with Crippen LogP contribution in [0.5, 0.6) is 0 Å². The van der Waals surface area contributed by atoms with Crippen molar-refractivity contribution >= 4 is 10.0 Å². The van der Waals surface area contributed by atoms with Gasteiger partial charge in [-0.1, -0.05) is 0 Å². The van der Waals surface area contributed by atoms with E-state index in [-0.39, 0.29) is 13.0 Å². The van der Waals surface area contributed by atoms with E-state index in [0.29, 0.717) is 11.8 Å². The van der Waals surface area contributed by atoms with Gasteiger partial charge >= 0.3 is 0 Å². The van der Waals surface area contributed by atoms with Gasteiger partial charge in [0.25, 0.3) is 0 Å². The van der Waals surface area contributed by atoms with Gasteiger partial charge in [-0.05, 0) is 37.3 Å². The van der Waals surface area contributed by atoms with Gasteiger partial charge in [-0.15, -0.1) is 0 Å². The van der Waals surface area contributed by atoms with Crippen molar-refractivity contribution in [2.24, 2.45) is 0 Å². The number of hydrogen-bond donors (Lipinski definition) is 2. The van der Waals surface area contributed by atoms with Crippen LogP contribution in [0, 0.1) is 11.6 Å². The van der Waals surface area contributed by atoms with E-state index in [0.717, 1.165) is 12.1 Å². The minimum absolute atomic E-state index is 0.0636. The molecular weight excluding hydrogens is 316 g/mol. The Morgan fingerprint density at radius 2 is 2.05 bits per heavy atom. The molecule has 1 unspecified atom stereocenters. The summed E-state index contributed by atoms with van der Waals surface area (Å²) in [4.78, 5) is -0.804. The molecule has 0 spiro atoms. The molecule has 0 amide bonds. The van der Waals surface area contributed by atoms with E-state index in [9.17, 15) is 22.3 Å². The van der Waals surface area contributed by atoms with E-state index < -0.39 is 32.2 Å². The lowest BCUT2D eigenvalue weighted by Gasteiger charge is -2.22. The molecule has 0 saturated heterocycles. The first-order valence-electron chi connectivity index (χ1n) is 6.39. The Bertz CT molecular complexity index is 742. The summed E-state index contributed by atoms with van der Waals surface area (Å²) >= 11 is 0. The molecule has 1 heterocycles. The molecule has 2 rings (SSSR count). The molecule has 1 aromatic heterocycles. The number of sulfonamides is 1. The molecule has 5 nitrogen and oxygen atoms in total. The minimum atomic E-state index is -4.28. The predicted octanol–water partition coefficient (Wildman–Crippen LogP) is 1.83. The monoisotopic (exact) mass is 331 g/mol. The number of rotatable bonds is 6. The molecular formula is C14H15F2NO4S. The van der Waals surface area contributed by atoms with Crippen molar-refractivity contribution in [3.8, 4) is 0 Å². The second-order valence-corrected chi connectivity index (χ2v) is 6.89. The number of furan rings is 1. The van der Waals surface area contributed by atoms with E-state index >= 15 is 0 Å². The molecule has 120 valence electrons. The third-order valence-corrected chi connectivity index (χ3v) is 4.38. The van der Waals surface area contributed by atoms with E-state index in [2.05, 4.69) is 4.72 Å². The van der Waals surface area contributed by atoms with E-state index in [1.165, 1.54) is 13.2 Å². The van der Waals surface area contributed by atoms with E-state index in [1.807, 2.05) is 0 Å².